The molecule has 0 spiro atoms. The van der Waals surface area contributed by atoms with Gasteiger partial charge in [0, 0.05) is 24.4 Å². The van der Waals surface area contributed by atoms with E-state index in [2.05, 4.69) is 25.5 Å². The third-order valence-corrected chi connectivity index (χ3v) is 3.67. The van der Waals surface area contributed by atoms with Crippen molar-refractivity contribution in [3.63, 3.8) is 0 Å². The Morgan fingerprint density at radius 2 is 2.00 bits per heavy atom. The molecule has 0 saturated heterocycles. The van der Waals surface area contributed by atoms with Crippen LogP contribution in [0.1, 0.15) is 5.69 Å². The molecule has 0 fully saturated rings. The zero-order valence-electron chi connectivity index (χ0n) is 13.1. The van der Waals surface area contributed by atoms with Gasteiger partial charge < -0.3 is 9.84 Å². The van der Waals surface area contributed by atoms with Crippen molar-refractivity contribution in [1.29, 1.82) is 0 Å². The molecular weight excluding hydrogens is 308 g/mol. The third-order valence-electron chi connectivity index (χ3n) is 3.67. The highest BCUT2D eigenvalue weighted by molar-refractivity contribution is 5.83. The number of aromatic nitrogens is 5. The van der Waals surface area contributed by atoms with Gasteiger partial charge in [0.25, 0.3) is 11.4 Å². The van der Waals surface area contributed by atoms with Gasteiger partial charge in [0.05, 0.1) is 0 Å². The van der Waals surface area contributed by atoms with E-state index in [0.717, 1.165) is 5.56 Å². The van der Waals surface area contributed by atoms with Gasteiger partial charge in [-0.05, 0) is 6.92 Å². The van der Waals surface area contributed by atoms with Crippen LogP contribution in [0.25, 0.3) is 28.5 Å². The van der Waals surface area contributed by atoms with Gasteiger partial charge in [-0.3, -0.25) is 9.89 Å². The molecule has 4 rings (SSSR count). The molecule has 8 heteroatoms. The van der Waals surface area contributed by atoms with Crippen molar-refractivity contribution in [2.24, 2.45) is 0 Å². The Balaban J connectivity index is 1.94. The summed E-state index contributed by atoms with van der Waals surface area (Å²) in [5.41, 5.74) is 2.26. The lowest BCUT2D eigenvalue weighted by molar-refractivity contribution is 0.433. The van der Waals surface area contributed by atoms with E-state index in [1.165, 1.54) is 10.6 Å². The highest BCUT2D eigenvalue weighted by Crippen LogP contribution is 2.30. The summed E-state index contributed by atoms with van der Waals surface area (Å²) in [7, 11) is 1.74. The SMILES string of the molecule is CNc1[nH]n2c(=O)cc(C)nc2c1-c1nc(-c2ccccc2)no1. The molecular formula is C16H14N6O2. The number of nitrogens with zero attached hydrogens (tertiary/aromatic N) is 4. The van der Waals surface area contributed by atoms with Gasteiger partial charge in [-0.2, -0.15) is 9.50 Å². The summed E-state index contributed by atoms with van der Waals surface area (Å²) in [6.45, 7) is 1.76. The summed E-state index contributed by atoms with van der Waals surface area (Å²) in [6.07, 6.45) is 0. The molecule has 0 atom stereocenters. The van der Waals surface area contributed by atoms with Gasteiger partial charge in [-0.25, -0.2) is 4.98 Å². The Kier molecular flexibility index (Phi) is 3.16. The highest BCUT2D eigenvalue weighted by Gasteiger charge is 2.21. The number of fused-ring (bicyclic) bond motifs is 1. The second kappa shape index (κ2) is 5.34. The monoisotopic (exact) mass is 322 g/mol. The maximum atomic E-state index is 12.1. The first-order chi connectivity index (χ1) is 11.7. The maximum absolute atomic E-state index is 12.1. The van der Waals surface area contributed by atoms with Crippen molar-refractivity contribution in [2.45, 2.75) is 6.92 Å². The van der Waals surface area contributed by atoms with Gasteiger partial charge in [0.2, 0.25) is 5.82 Å². The number of aryl methyl sites for hydroxylation is 1. The van der Waals surface area contributed by atoms with Crippen LogP contribution in [-0.4, -0.2) is 31.8 Å². The molecule has 0 aliphatic rings. The number of hydrogen-bond donors (Lipinski definition) is 2. The fourth-order valence-corrected chi connectivity index (χ4v) is 2.57. The molecule has 0 radical (unpaired) electrons. The Bertz CT molecular complexity index is 1080. The van der Waals surface area contributed by atoms with E-state index in [1.54, 1.807) is 14.0 Å². The average Bonchev–Trinajstić information content (AvgIpc) is 3.19. The quantitative estimate of drug-likeness (QED) is 0.599. The fourth-order valence-electron chi connectivity index (χ4n) is 2.57. The molecule has 2 N–H and O–H groups in total. The van der Waals surface area contributed by atoms with Crippen molar-refractivity contribution in [2.75, 3.05) is 12.4 Å². The van der Waals surface area contributed by atoms with Gasteiger partial charge in [-0.15, -0.1) is 0 Å². The van der Waals surface area contributed by atoms with E-state index < -0.39 is 0 Å². The zero-order chi connectivity index (χ0) is 16.7. The first-order valence-electron chi connectivity index (χ1n) is 7.37. The van der Waals surface area contributed by atoms with E-state index in [0.29, 0.717) is 28.5 Å². The van der Waals surface area contributed by atoms with Crippen LogP contribution >= 0.6 is 0 Å². The lowest BCUT2D eigenvalue weighted by Crippen LogP contribution is -2.14. The van der Waals surface area contributed by atoms with E-state index >= 15 is 0 Å². The molecule has 0 saturated carbocycles. The number of nitrogens with one attached hydrogen (secondary N) is 2. The predicted molar refractivity (Wildman–Crippen MR) is 88.8 cm³/mol. The topological polar surface area (TPSA) is 101 Å². The second-order valence-corrected chi connectivity index (χ2v) is 5.30. The highest BCUT2D eigenvalue weighted by atomic mass is 16.5. The molecule has 120 valence electrons. The number of hydrogen-bond acceptors (Lipinski definition) is 6. The largest absolute Gasteiger partial charge is 0.373 e. The zero-order valence-corrected chi connectivity index (χ0v) is 13.1. The second-order valence-electron chi connectivity index (χ2n) is 5.30. The normalized spacial score (nSPS) is 11.1. The number of rotatable bonds is 3. The Labute approximate surface area is 136 Å². The number of benzene rings is 1. The number of anilines is 1. The van der Waals surface area contributed by atoms with Gasteiger partial charge in [0.15, 0.2) is 5.65 Å². The minimum absolute atomic E-state index is 0.206. The first-order valence-corrected chi connectivity index (χ1v) is 7.37. The summed E-state index contributed by atoms with van der Waals surface area (Å²) in [4.78, 5) is 21.0. The van der Waals surface area contributed by atoms with Crippen LogP contribution in [0.5, 0.6) is 0 Å². The smallest absolute Gasteiger partial charge is 0.272 e. The van der Waals surface area contributed by atoms with Crippen LogP contribution in [-0.2, 0) is 0 Å². The first kappa shape index (κ1) is 14.2. The van der Waals surface area contributed by atoms with Crippen LogP contribution in [0.3, 0.4) is 0 Å². The van der Waals surface area contributed by atoms with Crippen molar-refractivity contribution >= 4 is 11.5 Å². The Morgan fingerprint density at radius 1 is 1.21 bits per heavy atom. The van der Waals surface area contributed by atoms with Crippen LogP contribution < -0.4 is 10.9 Å². The average molecular weight is 322 g/mol. The molecule has 24 heavy (non-hydrogen) atoms. The van der Waals surface area contributed by atoms with Crippen molar-refractivity contribution in [3.05, 3.63) is 52.4 Å². The molecule has 1 aromatic carbocycles. The standard InChI is InChI=1S/C16H14N6O2/c1-9-8-11(23)22-15(18-9)12(14(17-2)20-22)16-19-13(21-24-16)10-6-4-3-5-7-10/h3-8,17,20H,1-2H3. The number of aromatic amines is 1. The van der Waals surface area contributed by atoms with E-state index in [4.69, 9.17) is 4.52 Å². The van der Waals surface area contributed by atoms with Gasteiger partial charge in [0.1, 0.15) is 11.4 Å². The third kappa shape index (κ3) is 2.16. The molecule has 0 amide bonds. The summed E-state index contributed by atoms with van der Waals surface area (Å²) in [5, 5.41) is 9.98. The molecule has 3 heterocycles. The predicted octanol–water partition coefficient (Wildman–Crippen LogP) is 2.09. The summed E-state index contributed by atoms with van der Waals surface area (Å²) in [6, 6.07) is 11.0. The lowest BCUT2D eigenvalue weighted by atomic mass is 10.2. The fraction of sp³-hybridized carbons (Fsp3) is 0.125. The minimum atomic E-state index is -0.206. The van der Waals surface area contributed by atoms with E-state index in [9.17, 15) is 4.79 Å². The van der Waals surface area contributed by atoms with Gasteiger partial charge in [-0.1, -0.05) is 35.5 Å². The summed E-state index contributed by atoms with van der Waals surface area (Å²) < 4.78 is 6.77. The van der Waals surface area contributed by atoms with E-state index in [1.807, 2.05) is 30.3 Å². The van der Waals surface area contributed by atoms with Crippen LogP contribution in [0, 0.1) is 6.92 Å². The molecule has 0 aliphatic heterocycles. The summed E-state index contributed by atoms with van der Waals surface area (Å²) in [5.74, 6) is 1.34. The van der Waals surface area contributed by atoms with Crippen molar-refractivity contribution in [3.8, 4) is 22.8 Å². The number of H-pyrrole nitrogens is 1. The van der Waals surface area contributed by atoms with Gasteiger partial charge >= 0.3 is 0 Å². The molecule has 0 unspecified atom stereocenters. The van der Waals surface area contributed by atoms with Crippen molar-refractivity contribution in [1.82, 2.24) is 24.7 Å². The molecule has 0 aliphatic carbocycles. The van der Waals surface area contributed by atoms with Crippen LogP contribution in [0.15, 0.2) is 45.7 Å². The van der Waals surface area contributed by atoms with Crippen molar-refractivity contribution < 1.29 is 4.52 Å². The molecule has 8 nitrogen and oxygen atoms in total. The minimum Gasteiger partial charge on any atom is -0.373 e. The molecule has 0 bridgehead atoms. The Morgan fingerprint density at radius 3 is 2.75 bits per heavy atom. The van der Waals surface area contributed by atoms with Crippen LogP contribution in [0.4, 0.5) is 5.82 Å². The molecule has 3 aromatic heterocycles. The van der Waals surface area contributed by atoms with E-state index in [-0.39, 0.29) is 11.4 Å². The Hall–Kier alpha value is -3.42. The molecule has 4 aromatic rings. The summed E-state index contributed by atoms with van der Waals surface area (Å²) >= 11 is 0. The maximum Gasteiger partial charge on any atom is 0.272 e. The van der Waals surface area contributed by atoms with Crippen LogP contribution in [0.2, 0.25) is 0 Å². The lowest BCUT2D eigenvalue weighted by Gasteiger charge is -1.96.